The molecule has 34 heavy (non-hydrogen) atoms. The van der Waals surface area contributed by atoms with Crippen molar-refractivity contribution in [1.29, 1.82) is 0 Å². The van der Waals surface area contributed by atoms with Gasteiger partial charge in [-0.25, -0.2) is 18.1 Å². The van der Waals surface area contributed by atoms with E-state index in [9.17, 15) is 13.2 Å². The molecule has 1 amide bonds. The van der Waals surface area contributed by atoms with Gasteiger partial charge in [-0.15, -0.1) is 0 Å². The zero-order valence-corrected chi connectivity index (χ0v) is 19.5. The largest absolute Gasteiger partial charge is 0.492 e. The number of hydrogen-bond donors (Lipinski definition) is 1. The van der Waals surface area contributed by atoms with Crippen LogP contribution in [-0.4, -0.2) is 66.3 Å². The van der Waals surface area contributed by atoms with Crippen molar-refractivity contribution >= 4 is 21.6 Å². The molecule has 2 heterocycles. The van der Waals surface area contributed by atoms with Crippen molar-refractivity contribution in [2.45, 2.75) is 24.3 Å². The van der Waals surface area contributed by atoms with Crippen molar-refractivity contribution in [3.63, 3.8) is 0 Å². The third-order valence-corrected chi connectivity index (χ3v) is 7.26. The summed E-state index contributed by atoms with van der Waals surface area (Å²) in [7, 11) is -3.52. The molecule has 1 aliphatic heterocycles. The van der Waals surface area contributed by atoms with E-state index >= 15 is 0 Å². The summed E-state index contributed by atoms with van der Waals surface area (Å²) in [5, 5.41) is 6.89. The summed E-state index contributed by atoms with van der Waals surface area (Å²) in [4.78, 5) is 16.6. The van der Waals surface area contributed by atoms with Gasteiger partial charge in [-0.3, -0.25) is 4.79 Å². The van der Waals surface area contributed by atoms with E-state index in [0.29, 0.717) is 57.3 Å². The second-order valence-corrected chi connectivity index (χ2v) is 9.68. The first-order valence-corrected chi connectivity index (χ1v) is 12.5. The summed E-state index contributed by atoms with van der Waals surface area (Å²) in [5.41, 5.74) is 1.54. The fraction of sp³-hybridized carbons (Fsp3) is 0.348. The van der Waals surface area contributed by atoms with Crippen molar-refractivity contribution in [2.24, 2.45) is 0 Å². The minimum absolute atomic E-state index is 0.134. The number of hydrogen-bond acceptors (Lipinski definition) is 7. The number of ether oxygens (including phenoxy) is 2. The van der Waals surface area contributed by atoms with Gasteiger partial charge in [0.25, 0.3) is 0 Å². The van der Waals surface area contributed by atoms with Crippen LogP contribution in [0.3, 0.4) is 0 Å². The topological polar surface area (TPSA) is 116 Å². The Kier molecular flexibility index (Phi) is 7.88. The number of aryl methyl sites for hydroxylation is 1. The minimum atomic E-state index is -3.52. The molecule has 0 saturated carbocycles. The van der Waals surface area contributed by atoms with Crippen LogP contribution < -0.4 is 10.1 Å². The molecular weight excluding hydrogens is 458 g/mol. The normalized spacial score (nSPS) is 14.6. The smallest absolute Gasteiger partial charge is 0.243 e. The Morgan fingerprint density at radius 2 is 1.91 bits per heavy atom. The van der Waals surface area contributed by atoms with Crippen LogP contribution in [0.25, 0.3) is 0 Å². The molecule has 1 aliphatic rings. The molecule has 0 bridgehead atoms. The van der Waals surface area contributed by atoms with Gasteiger partial charge in [-0.2, -0.15) is 9.40 Å². The Hall–Kier alpha value is -3.28. The van der Waals surface area contributed by atoms with Gasteiger partial charge in [-0.1, -0.05) is 18.2 Å². The van der Waals surface area contributed by atoms with Crippen LogP contribution >= 0.6 is 0 Å². The molecule has 10 nitrogen and oxygen atoms in total. The van der Waals surface area contributed by atoms with Crippen molar-refractivity contribution in [3.8, 4) is 5.75 Å². The number of sulfonamides is 1. The highest BCUT2D eigenvalue weighted by Gasteiger charge is 2.26. The van der Waals surface area contributed by atoms with E-state index in [1.165, 1.54) is 10.6 Å². The second kappa shape index (κ2) is 11.2. The molecule has 1 N–H and O–H groups in total. The molecule has 1 saturated heterocycles. The lowest BCUT2D eigenvalue weighted by molar-refractivity contribution is -0.116. The van der Waals surface area contributed by atoms with E-state index in [2.05, 4.69) is 15.4 Å². The van der Waals surface area contributed by atoms with Gasteiger partial charge < -0.3 is 14.8 Å². The molecule has 0 spiro atoms. The molecule has 2 aromatic carbocycles. The Morgan fingerprint density at radius 3 is 2.65 bits per heavy atom. The van der Waals surface area contributed by atoms with Gasteiger partial charge in [0.2, 0.25) is 15.9 Å². The molecule has 0 aliphatic carbocycles. The monoisotopic (exact) mass is 485 g/mol. The minimum Gasteiger partial charge on any atom is -0.492 e. The highest BCUT2D eigenvalue weighted by atomic mass is 32.2. The lowest BCUT2D eigenvalue weighted by Crippen LogP contribution is -2.40. The SMILES string of the molecule is O=C(CCc1ccc(S(=O)(=O)N2CCOCC2)cc1)Nc1cccc(OCCn2cncn2)c1. The summed E-state index contributed by atoms with van der Waals surface area (Å²) in [6, 6.07) is 13.9. The lowest BCUT2D eigenvalue weighted by Gasteiger charge is -2.26. The third kappa shape index (κ3) is 6.40. The predicted molar refractivity (Wildman–Crippen MR) is 125 cm³/mol. The molecule has 1 aromatic heterocycles. The van der Waals surface area contributed by atoms with Crippen LogP contribution in [0.2, 0.25) is 0 Å². The van der Waals surface area contributed by atoms with E-state index in [1.54, 1.807) is 47.4 Å². The van der Waals surface area contributed by atoms with Crippen LogP contribution in [0.15, 0.2) is 66.1 Å². The van der Waals surface area contributed by atoms with E-state index in [1.807, 2.05) is 12.1 Å². The lowest BCUT2D eigenvalue weighted by atomic mass is 10.1. The summed E-state index contributed by atoms with van der Waals surface area (Å²) >= 11 is 0. The molecule has 3 aromatic rings. The maximum atomic E-state index is 12.7. The number of nitrogens with one attached hydrogen (secondary N) is 1. The number of carbonyl (C=O) groups excluding carboxylic acids is 1. The van der Waals surface area contributed by atoms with Crippen LogP contribution in [0.5, 0.6) is 5.75 Å². The highest BCUT2D eigenvalue weighted by Crippen LogP contribution is 2.20. The van der Waals surface area contributed by atoms with Crippen molar-refractivity contribution in [2.75, 3.05) is 38.2 Å². The number of benzene rings is 2. The van der Waals surface area contributed by atoms with Gasteiger partial charge in [0.15, 0.2) is 0 Å². The van der Waals surface area contributed by atoms with E-state index in [0.717, 1.165) is 5.56 Å². The maximum absolute atomic E-state index is 12.7. The number of morpholine rings is 1. The fourth-order valence-electron chi connectivity index (χ4n) is 3.51. The molecule has 11 heteroatoms. The van der Waals surface area contributed by atoms with Crippen LogP contribution in [0, 0.1) is 0 Å². The van der Waals surface area contributed by atoms with Crippen LogP contribution in [0.1, 0.15) is 12.0 Å². The summed E-state index contributed by atoms with van der Waals surface area (Å²) in [6.45, 7) is 2.53. The van der Waals surface area contributed by atoms with Gasteiger partial charge in [0.05, 0.1) is 24.7 Å². The number of rotatable bonds is 10. The van der Waals surface area contributed by atoms with Crippen LogP contribution in [0.4, 0.5) is 5.69 Å². The van der Waals surface area contributed by atoms with E-state index < -0.39 is 10.0 Å². The molecule has 1 fully saturated rings. The number of nitrogens with zero attached hydrogens (tertiary/aromatic N) is 4. The zero-order valence-electron chi connectivity index (χ0n) is 18.7. The van der Waals surface area contributed by atoms with Crippen molar-refractivity contribution in [1.82, 2.24) is 19.1 Å². The summed E-state index contributed by atoms with van der Waals surface area (Å²) in [5.74, 6) is 0.514. The van der Waals surface area contributed by atoms with Crippen molar-refractivity contribution in [3.05, 3.63) is 66.7 Å². The Morgan fingerprint density at radius 1 is 1.12 bits per heavy atom. The van der Waals surface area contributed by atoms with E-state index in [-0.39, 0.29) is 17.2 Å². The summed E-state index contributed by atoms with van der Waals surface area (Å²) in [6.07, 6.45) is 3.86. The molecule has 0 unspecified atom stereocenters. The highest BCUT2D eigenvalue weighted by molar-refractivity contribution is 7.89. The van der Waals surface area contributed by atoms with Crippen molar-refractivity contribution < 1.29 is 22.7 Å². The Bertz CT molecular complexity index is 1180. The van der Waals surface area contributed by atoms with Gasteiger partial charge in [0, 0.05) is 31.3 Å². The first-order chi connectivity index (χ1) is 16.5. The number of carbonyl (C=O) groups is 1. The average Bonchev–Trinajstić information content (AvgIpc) is 3.37. The number of aromatic nitrogens is 3. The third-order valence-electron chi connectivity index (χ3n) is 5.35. The first-order valence-electron chi connectivity index (χ1n) is 11.0. The molecule has 4 rings (SSSR count). The van der Waals surface area contributed by atoms with Crippen LogP contribution in [-0.2, 0) is 32.5 Å². The first kappa shape index (κ1) is 23.9. The molecule has 0 radical (unpaired) electrons. The Balaban J connectivity index is 1.25. The number of anilines is 1. The van der Waals surface area contributed by atoms with E-state index in [4.69, 9.17) is 9.47 Å². The van der Waals surface area contributed by atoms with Gasteiger partial charge in [-0.05, 0) is 36.2 Å². The zero-order chi connectivity index (χ0) is 23.8. The molecule has 180 valence electrons. The average molecular weight is 486 g/mol. The molecular formula is C23H27N5O5S. The Labute approximate surface area is 198 Å². The quantitative estimate of drug-likeness (QED) is 0.467. The number of amides is 1. The van der Waals surface area contributed by atoms with Gasteiger partial charge >= 0.3 is 0 Å². The fourth-order valence-corrected chi connectivity index (χ4v) is 4.92. The van der Waals surface area contributed by atoms with Gasteiger partial charge in [0.1, 0.15) is 25.0 Å². The predicted octanol–water partition coefficient (Wildman–Crippen LogP) is 1.95. The summed E-state index contributed by atoms with van der Waals surface area (Å²) < 4.78 is 39.5. The molecule has 0 atom stereocenters. The maximum Gasteiger partial charge on any atom is 0.243 e. The second-order valence-electron chi connectivity index (χ2n) is 7.74. The standard InChI is InChI=1S/C23H27N5O5S/c29-23(26-20-2-1-3-21(16-20)33-15-10-27-18-24-17-25-27)9-6-19-4-7-22(8-5-19)34(30,31)28-11-13-32-14-12-28/h1-5,7-8,16-18H,6,9-15H2,(H,26,29).